The van der Waals surface area contributed by atoms with Crippen LogP contribution >= 0.6 is 0 Å². The maximum absolute atomic E-state index is 9.68. The largest absolute Gasteiger partial charge is 0.508 e. The van der Waals surface area contributed by atoms with Crippen LogP contribution in [-0.4, -0.2) is 36.6 Å². The molecule has 0 aliphatic carbocycles. The minimum absolute atomic E-state index is 0.00321. The van der Waals surface area contributed by atoms with Crippen LogP contribution in [0.3, 0.4) is 0 Å². The molecule has 4 rings (SSSR count). The summed E-state index contributed by atoms with van der Waals surface area (Å²) in [6, 6.07) is 11.9. The molecule has 0 amide bonds. The zero-order valence-corrected chi connectivity index (χ0v) is 12.3. The predicted octanol–water partition coefficient (Wildman–Crippen LogP) is 2.36. The molecule has 4 N–H and O–H groups in total. The first-order valence-electron chi connectivity index (χ1n) is 7.13. The number of anilines is 1. The molecular formula is C16H12N6O2. The molecule has 0 aliphatic heterocycles. The second-order valence-electron chi connectivity index (χ2n) is 5.12. The minimum atomic E-state index is 0.00321. The van der Waals surface area contributed by atoms with E-state index in [1.54, 1.807) is 0 Å². The standard InChI is InChI=1S/C16H12N6O2/c23-10-5-6-13(24)9(7-10)8-17-21-16-19-15-14(20-22-16)11-3-1-2-4-12(11)18-15/h1-8,23-24H,(H2,18,19,21,22)/b17-8+. The fraction of sp³-hybridized carbons (Fsp3) is 0. The smallest absolute Gasteiger partial charge is 0.265 e. The summed E-state index contributed by atoms with van der Waals surface area (Å²) in [5.41, 5.74) is 5.23. The Kier molecular flexibility index (Phi) is 3.20. The van der Waals surface area contributed by atoms with Crippen LogP contribution in [0.4, 0.5) is 5.95 Å². The number of phenolic OH excluding ortho intramolecular Hbond substituents is 2. The minimum Gasteiger partial charge on any atom is -0.508 e. The number of hydrogen-bond donors (Lipinski definition) is 4. The Morgan fingerprint density at radius 1 is 1.08 bits per heavy atom. The summed E-state index contributed by atoms with van der Waals surface area (Å²) in [5, 5.41) is 32.1. The third-order valence-electron chi connectivity index (χ3n) is 3.50. The highest BCUT2D eigenvalue weighted by Crippen LogP contribution is 2.22. The van der Waals surface area contributed by atoms with Crippen molar-refractivity contribution in [2.45, 2.75) is 0 Å². The topological polar surface area (TPSA) is 119 Å². The van der Waals surface area contributed by atoms with E-state index in [0.717, 1.165) is 10.9 Å². The van der Waals surface area contributed by atoms with Crippen molar-refractivity contribution in [2.75, 3.05) is 5.43 Å². The van der Waals surface area contributed by atoms with Gasteiger partial charge in [-0.3, -0.25) is 0 Å². The molecule has 2 heterocycles. The van der Waals surface area contributed by atoms with Crippen LogP contribution in [0.2, 0.25) is 0 Å². The lowest BCUT2D eigenvalue weighted by molar-refractivity contribution is 0.459. The van der Waals surface area contributed by atoms with E-state index in [-0.39, 0.29) is 17.4 Å². The van der Waals surface area contributed by atoms with Crippen LogP contribution in [0, 0.1) is 0 Å². The van der Waals surface area contributed by atoms with E-state index in [1.807, 2.05) is 24.3 Å². The number of nitrogens with zero attached hydrogens (tertiary/aromatic N) is 4. The van der Waals surface area contributed by atoms with Crippen LogP contribution < -0.4 is 5.43 Å². The Labute approximate surface area is 135 Å². The summed E-state index contributed by atoms with van der Waals surface area (Å²) in [7, 11) is 0. The van der Waals surface area contributed by atoms with Gasteiger partial charge in [0, 0.05) is 16.5 Å². The molecule has 4 aromatic rings. The Bertz CT molecular complexity index is 1070. The van der Waals surface area contributed by atoms with Crippen LogP contribution in [0.1, 0.15) is 5.56 Å². The summed E-state index contributed by atoms with van der Waals surface area (Å²) in [6.07, 6.45) is 1.35. The number of hydrogen-bond acceptors (Lipinski definition) is 7. The maximum atomic E-state index is 9.68. The van der Waals surface area contributed by atoms with Gasteiger partial charge < -0.3 is 15.2 Å². The van der Waals surface area contributed by atoms with Crippen molar-refractivity contribution in [2.24, 2.45) is 5.10 Å². The van der Waals surface area contributed by atoms with Crippen LogP contribution in [0.25, 0.3) is 22.1 Å². The summed E-state index contributed by atoms with van der Waals surface area (Å²) in [6.45, 7) is 0. The molecule has 0 fully saturated rings. The van der Waals surface area contributed by atoms with Gasteiger partial charge in [-0.25, -0.2) is 5.43 Å². The summed E-state index contributed by atoms with van der Waals surface area (Å²) in [4.78, 5) is 7.48. The van der Waals surface area contributed by atoms with Gasteiger partial charge >= 0.3 is 0 Å². The number of fused-ring (bicyclic) bond motifs is 3. The van der Waals surface area contributed by atoms with Gasteiger partial charge in [-0.1, -0.05) is 18.2 Å². The van der Waals surface area contributed by atoms with Crippen molar-refractivity contribution in [3.8, 4) is 11.5 Å². The summed E-state index contributed by atoms with van der Waals surface area (Å²) in [5.74, 6) is 0.250. The van der Waals surface area contributed by atoms with E-state index in [0.29, 0.717) is 16.7 Å². The number of aromatic amines is 1. The third kappa shape index (κ3) is 2.45. The van der Waals surface area contributed by atoms with E-state index >= 15 is 0 Å². The fourth-order valence-electron chi connectivity index (χ4n) is 2.37. The lowest BCUT2D eigenvalue weighted by Gasteiger charge is -2.00. The van der Waals surface area contributed by atoms with Crippen molar-refractivity contribution < 1.29 is 10.2 Å². The van der Waals surface area contributed by atoms with Gasteiger partial charge in [0.1, 0.15) is 17.0 Å². The molecule has 2 aromatic heterocycles. The van der Waals surface area contributed by atoms with Crippen molar-refractivity contribution in [3.63, 3.8) is 0 Å². The zero-order valence-electron chi connectivity index (χ0n) is 12.3. The second kappa shape index (κ2) is 5.51. The van der Waals surface area contributed by atoms with E-state index in [1.165, 1.54) is 24.4 Å². The first kappa shape index (κ1) is 13.9. The lowest BCUT2D eigenvalue weighted by atomic mass is 10.2. The normalized spacial score (nSPS) is 11.5. The highest BCUT2D eigenvalue weighted by Gasteiger charge is 2.08. The highest BCUT2D eigenvalue weighted by atomic mass is 16.3. The zero-order chi connectivity index (χ0) is 16.5. The van der Waals surface area contributed by atoms with Crippen molar-refractivity contribution >= 4 is 34.2 Å². The van der Waals surface area contributed by atoms with Crippen molar-refractivity contribution in [3.05, 3.63) is 48.0 Å². The summed E-state index contributed by atoms with van der Waals surface area (Å²) >= 11 is 0. The molecule has 24 heavy (non-hydrogen) atoms. The first-order chi connectivity index (χ1) is 11.7. The molecule has 0 unspecified atom stereocenters. The molecule has 0 spiro atoms. The van der Waals surface area contributed by atoms with Gasteiger partial charge in [0.05, 0.1) is 6.21 Å². The molecule has 8 nitrogen and oxygen atoms in total. The van der Waals surface area contributed by atoms with Crippen LogP contribution in [0.15, 0.2) is 47.6 Å². The number of aromatic hydroxyl groups is 2. The number of rotatable bonds is 3. The molecule has 0 radical (unpaired) electrons. The van der Waals surface area contributed by atoms with E-state index in [2.05, 4.69) is 30.7 Å². The maximum Gasteiger partial charge on any atom is 0.265 e. The van der Waals surface area contributed by atoms with Crippen molar-refractivity contribution in [1.82, 2.24) is 20.2 Å². The van der Waals surface area contributed by atoms with Crippen LogP contribution in [0.5, 0.6) is 11.5 Å². The van der Waals surface area contributed by atoms with E-state index in [4.69, 9.17) is 0 Å². The molecule has 8 heteroatoms. The predicted molar refractivity (Wildman–Crippen MR) is 90.2 cm³/mol. The Hall–Kier alpha value is -3.68. The molecular weight excluding hydrogens is 308 g/mol. The molecule has 0 atom stereocenters. The molecule has 2 aromatic carbocycles. The SMILES string of the molecule is Oc1ccc(O)c(/C=N/Nc2nnc3c(n2)[nH]c2ccccc23)c1. The average Bonchev–Trinajstić information content (AvgIpc) is 2.96. The lowest BCUT2D eigenvalue weighted by Crippen LogP contribution is -1.99. The Morgan fingerprint density at radius 2 is 1.96 bits per heavy atom. The van der Waals surface area contributed by atoms with E-state index in [9.17, 15) is 10.2 Å². The number of H-pyrrole nitrogens is 1. The number of aromatic nitrogens is 4. The second-order valence-corrected chi connectivity index (χ2v) is 5.12. The van der Waals surface area contributed by atoms with Gasteiger partial charge in [-0.05, 0) is 24.3 Å². The fourth-order valence-corrected chi connectivity index (χ4v) is 2.37. The number of phenols is 2. The number of para-hydroxylation sites is 1. The third-order valence-corrected chi connectivity index (χ3v) is 3.50. The van der Waals surface area contributed by atoms with Gasteiger partial charge in [0.2, 0.25) is 0 Å². The number of benzene rings is 2. The monoisotopic (exact) mass is 320 g/mol. The van der Waals surface area contributed by atoms with Crippen molar-refractivity contribution in [1.29, 1.82) is 0 Å². The van der Waals surface area contributed by atoms with Gasteiger partial charge in [-0.15, -0.1) is 10.2 Å². The summed E-state index contributed by atoms with van der Waals surface area (Å²) < 4.78 is 0. The number of hydrazone groups is 1. The Balaban J connectivity index is 1.61. The van der Waals surface area contributed by atoms with E-state index < -0.39 is 0 Å². The molecule has 0 saturated carbocycles. The molecule has 0 saturated heterocycles. The van der Waals surface area contributed by atoms with Gasteiger partial charge in [0.15, 0.2) is 5.65 Å². The highest BCUT2D eigenvalue weighted by molar-refractivity contribution is 6.03. The molecule has 118 valence electrons. The number of nitrogens with one attached hydrogen (secondary N) is 2. The molecule has 0 bridgehead atoms. The molecule has 0 aliphatic rings. The average molecular weight is 320 g/mol. The van der Waals surface area contributed by atoms with Gasteiger partial charge in [0.25, 0.3) is 5.95 Å². The Morgan fingerprint density at radius 3 is 2.88 bits per heavy atom. The quantitative estimate of drug-likeness (QED) is 0.261. The van der Waals surface area contributed by atoms with Gasteiger partial charge in [-0.2, -0.15) is 10.1 Å². The first-order valence-corrected chi connectivity index (χ1v) is 7.13. The van der Waals surface area contributed by atoms with Crippen LogP contribution in [-0.2, 0) is 0 Å².